The van der Waals surface area contributed by atoms with Crippen molar-refractivity contribution >= 4 is 46.6 Å². The smallest absolute Gasteiger partial charge is 0.312 e. The summed E-state index contributed by atoms with van der Waals surface area (Å²) >= 11 is 18.0. The van der Waals surface area contributed by atoms with Crippen LogP contribution in [0.15, 0.2) is 24.3 Å². The van der Waals surface area contributed by atoms with Crippen LogP contribution in [0.3, 0.4) is 0 Å². The molecule has 0 aliphatic carbocycles. The third kappa shape index (κ3) is 3.39. The Labute approximate surface area is 148 Å². The van der Waals surface area contributed by atoms with Crippen molar-refractivity contribution in [2.75, 3.05) is 0 Å². The number of nitrogens with zero attached hydrogens (tertiary/aromatic N) is 1. The van der Waals surface area contributed by atoms with Gasteiger partial charge < -0.3 is 9.67 Å². The third-order valence-corrected chi connectivity index (χ3v) is 4.72. The van der Waals surface area contributed by atoms with Gasteiger partial charge >= 0.3 is 5.97 Å². The maximum Gasteiger partial charge on any atom is 0.312 e. The van der Waals surface area contributed by atoms with E-state index in [1.807, 2.05) is 0 Å². The molecule has 4 nitrogen and oxygen atoms in total. The summed E-state index contributed by atoms with van der Waals surface area (Å²) in [6.45, 7) is 1.75. The molecule has 0 aliphatic rings. The molecule has 1 N–H and O–H groups in total. The summed E-state index contributed by atoms with van der Waals surface area (Å²) < 4.78 is 1.52. The molecule has 1 unspecified atom stereocenters. The fraction of sp³-hybridized carbons (Fsp3) is 0.250. The second-order valence-corrected chi connectivity index (χ2v) is 6.30. The summed E-state index contributed by atoms with van der Waals surface area (Å²) in [5.74, 6) is -2.06. The molecule has 0 saturated carbocycles. The Kier molecular flexibility index (Phi) is 5.40. The quantitative estimate of drug-likeness (QED) is 0.765. The van der Waals surface area contributed by atoms with Crippen LogP contribution in [0, 0.1) is 0 Å². The Morgan fingerprint density at radius 3 is 2.30 bits per heavy atom. The Morgan fingerprint density at radius 1 is 1.13 bits per heavy atom. The number of hydrogen-bond acceptors (Lipinski definition) is 2. The van der Waals surface area contributed by atoms with E-state index >= 15 is 0 Å². The van der Waals surface area contributed by atoms with Gasteiger partial charge in [0.15, 0.2) is 0 Å². The van der Waals surface area contributed by atoms with Gasteiger partial charge in [0.05, 0.1) is 32.4 Å². The summed E-state index contributed by atoms with van der Waals surface area (Å²) in [6.07, 6.45) is 0.368. The molecule has 7 heteroatoms. The van der Waals surface area contributed by atoms with Gasteiger partial charge in [0.1, 0.15) is 0 Å². The second kappa shape index (κ2) is 6.95. The van der Waals surface area contributed by atoms with Crippen LogP contribution >= 0.6 is 34.8 Å². The van der Waals surface area contributed by atoms with Crippen LogP contribution < -0.4 is 0 Å². The zero-order valence-corrected chi connectivity index (χ0v) is 14.7. The summed E-state index contributed by atoms with van der Waals surface area (Å²) in [4.78, 5) is 24.0. The van der Waals surface area contributed by atoms with E-state index in [-0.39, 0.29) is 15.8 Å². The monoisotopic (exact) mass is 373 g/mol. The molecule has 1 aromatic heterocycles. The first-order valence-corrected chi connectivity index (χ1v) is 7.99. The number of halogens is 3. The van der Waals surface area contributed by atoms with Crippen molar-refractivity contribution in [2.24, 2.45) is 7.05 Å². The summed E-state index contributed by atoms with van der Waals surface area (Å²) in [7, 11) is 1.62. The number of benzene rings is 1. The number of carbonyl (C=O) groups excluding carboxylic acids is 1. The van der Waals surface area contributed by atoms with Gasteiger partial charge in [-0.25, -0.2) is 0 Å². The minimum atomic E-state index is -0.982. The van der Waals surface area contributed by atoms with Crippen LogP contribution in [0.2, 0.25) is 15.1 Å². The molecule has 2 aromatic rings. The van der Waals surface area contributed by atoms with E-state index in [0.29, 0.717) is 28.4 Å². The van der Waals surface area contributed by atoms with Crippen molar-refractivity contribution in [1.29, 1.82) is 0 Å². The van der Waals surface area contributed by atoms with Gasteiger partial charge in [-0.15, -0.1) is 0 Å². The van der Waals surface area contributed by atoms with Gasteiger partial charge in [-0.2, -0.15) is 0 Å². The molecule has 0 spiro atoms. The number of hydrogen-bond donors (Lipinski definition) is 1. The minimum Gasteiger partial charge on any atom is -0.481 e. The SMILES string of the molecule is CCC(C(=O)O)c1c(Cl)cc(C(=O)c2ccc(Cl)c(Cl)c2)n1C. The molecule has 0 bridgehead atoms. The first kappa shape index (κ1) is 17.9. The highest BCUT2D eigenvalue weighted by Crippen LogP contribution is 2.32. The van der Waals surface area contributed by atoms with Gasteiger partial charge in [0.25, 0.3) is 0 Å². The molecule has 1 atom stereocenters. The van der Waals surface area contributed by atoms with Crippen LogP contribution in [0.5, 0.6) is 0 Å². The number of aliphatic carboxylic acids is 1. The Hall–Kier alpha value is -1.49. The van der Waals surface area contributed by atoms with E-state index in [1.54, 1.807) is 20.0 Å². The van der Waals surface area contributed by atoms with E-state index < -0.39 is 11.9 Å². The van der Waals surface area contributed by atoms with E-state index in [1.165, 1.54) is 22.8 Å². The number of ketones is 1. The lowest BCUT2D eigenvalue weighted by molar-refractivity contribution is -0.139. The lowest BCUT2D eigenvalue weighted by atomic mass is 10.0. The first-order chi connectivity index (χ1) is 10.8. The van der Waals surface area contributed by atoms with E-state index in [9.17, 15) is 14.7 Å². The normalized spacial score (nSPS) is 12.2. The number of carboxylic acid groups (broad SMARTS) is 1. The highest BCUT2D eigenvalue weighted by molar-refractivity contribution is 6.42. The van der Waals surface area contributed by atoms with E-state index in [2.05, 4.69) is 0 Å². The lowest BCUT2D eigenvalue weighted by Crippen LogP contribution is -2.17. The Bertz CT molecular complexity index is 783. The molecule has 1 aromatic carbocycles. The number of carboxylic acids is 1. The van der Waals surface area contributed by atoms with Gasteiger partial charge in [0.2, 0.25) is 5.78 Å². The van der Waals surface area contributed by atoms with Crippen LogP contribution in [0.4, 0.5) is 0 Å². The van der Waals surface area contributed by atoms with Gasteiger partial charge in [0, 0.05) is 12.6 Å². The summed E-state index contributed by atoms with van der Waals surface area (Å²) in [5, 5.41) is 10.2. The van der Waals surface area contributed by atoms with Crippen molar-refractivity contribution in [3.63, 3.8) is 0 Å². The third-order valence-electron chi connectivity index (χ3n) is 3.68. The highest BCUT2D eigenvalue weighted by Gasteiger charge is 2.27. The van der Waals surface area contributed by atoms with Gasteiger partial charge in [-0.1, -0.05) is 41.7 Å². The molecule has 1 heterocycles. The molecule has 0 amide bonds. The van der Waals surface area contributed by atoms with Crippen LogP contribution in [-0.2, 0) is 11.8 Å². The minimum absolute atomic E-state index is 0.255. The molecular weight excluding hydrogens is 361 g/mol. The highest BCUT2D eigenvalue weighted by atomic mass is 35.5. The molecule has 23 heavy (non-hydrogen) atoms. The van der Waals surface area contributed by atoms with Crippen molar-refractivity contribution in [2.45, 2.75) is 19.3 Å². The average Bonchev–Trinajstić information content (AvgIpc) is 2.78. The maximum atomic E-state index is 12.6. The Morgan fingerprint density at radius 2 is 1.78 bits per heavy atom. The second-order valence-electron chi connectivity index (χ2n) is 5.08. The predicted octanol–water partition coefficient (Wildman–Crippen LogP) is 4.79. The van der Waals surface area contributed by atoms with Gasteiger partial charge in [-0.05, 0) is 30.7 Å². The van der Waals surface area contributed by atoms with E-state index in [4.69, 9.17) is 34.8 Å². The largest absolute Gasteiger partial charge is 0.481 e. The molecule has 0 fully saturated rings. The van der Waals surface area contributed by atoms with Crippen molar-refractivity contribution in [1.82, 2.24) is 4.57 Å². The topological polar surface area (TPSA) is 59.3 Å². The summed E-state index contributed by atoms with van der Waals surface area (Å²) in [6, 6.07) is 6.05. The fourth-order valence-corrected chi connectivity index (χ4v) is 3.13. The zero-order chi connectivity index (χ0) is 17.3. The first-order valence-electron chi connectivity index (χ1n) is 6.85. The maximum absolute atomic E-state index is 12.6. The van der Waals surface area contributed by atoms with Gasteiger partial charge in [-0.3, -0.25) is 9.59 Å². The molecular formula is C16H14Cl3NO3. The number of aromatic nitrogens is 1. The van der Waals surface area contributed by atoms with Crippen LogP contribution in [0.25, 0.3) is 0 Å². The van der Waals surface area contributed by atoms with Crippen LogP contribution in [-0.4, -0.2) is 21.4 Å². The summed E-state index contributed by atoms with van der Waals surface area (Å²) in [5.41, 5.74) is 1.06. The lowest BCUT2D eigenvalue weighted by Gasteiger charge is -2.13. The zero-order valence-electron chi connectivity index (χ0n) is 12.4. The molecule has 122 valence electrons. The van der Waals surface area contributed by atoms with E-state index in [0.717, 1.165) is 0 Å². The molecule has 2 rings (SSSR count). The number of carbonyl (C=O) groups is 2. The van der Waals surface area contributed by atoms with Crippen molar-refractivity contribution in [3.8, 4) is 0 Å². The number of rotatable bonds is 5. The molecule has 0 saturated heterocycles. The average molecular weight is 375 g/mol. The molecule has 0 aliphatic heterocycles. The van der Waals surface area contributed by atoms with Crippen LogP contribution in [0.1, 0.15) is 41.0 Å². The van der Waals surface area contributed by atoms with Crippen molar-refractivity contribution < 1.29 is 14.7 Å². The standard InChI is InChI=1S/C16H14Cl3NO3/c1-3-9(16(22)23)14-12(19)7-13(20(14)2)15(21)8-4-5-10(17)11(18)6-8/h4-7,9H,3H2,1-2H3,(H,22,23). The Balaban J connectivity index is 2.50. The molecule has 0 radical (unpaired) electrons. The fourth-order valence-electron chi connectivity index (χ4n) is 2.47. The van der Waals surface area contributed by atoms with Crippen molar-refractivity contribution in [3.05, 3.63) is 56.3 Å². The predicted molar refractivity (Wildman–Crippen MR) is 91.0 cm³/mol.